The van der Waals surface area contributed by atoms with Crippen LogP contribution >= 0.6 is 11.8 Å². The number of hydrogen-bond donors (Lipinski definition) is 1. The van der Waals surface area contributed by atoms with E-state index in [-0.39, 0.29) is 10.9 Å². The Morgan fingerprint density at radius 1 is 1.44 bits per heavy atom. The van der Waals surface area contributed by atoms with Crippen LogP contribution in [0.1, 0.15) is 18.9 Å². The van der Waals surface area contributed by atoms with Gasteiger partial charge in [0.15, 0.2) is 11.5 Å². The number of methoxy groups -OCH3 is 1. The van der Waals surface area contributed by atoms with Gasteiger partial charge in [-0.05, 0) is 29.5 Å². The molecule has 0 unspecified atom stereocenters. The van der Waals surface area contributed by atoms with Crippen LogP contribution in [0.2, 0.25) is 0 Å². The van der Waals surface area contributed by atoms with Gasteiger partial charge in [-0.15, -0.1) is 0 Å². The maximum atomic E-state index is 11.7. The smallest absolute Gasteiger partial charge is 0.223 e. The van der Waals surface area contributed by atoms with Gasteiger partial charge in [0, 0.05) is 11.1 Å². The minimum atomic E-state index is 0.0223. The van der Waals surface area contributed by atoms with Crippen LogP contribution in [0.4, 0.5) is 0 Å². The van der Waals surface area contributed by atoms with Crippen LogP contribution in [0, 0.1) is 0 Å². The molecule has 0 saturated carbocycles. The molecule has 3 nitrogen and oxygen atoms in total. The summed E-state index contributed by atoms with van der Waals surface area (Å²) in [6, 6.07) is 5.21. The summed E-state index contributed by atoms with van der Waals surface area (Å²) in [5.74, 6) is 0.464. The molecule has 4 heteroatoms. The molecule has 0 aliphatic carbocycles. The Morgan fingerprint density at radius 3 is 2.83 bits per heavy atom. The summed E-state index contributed by atoms with van der Waals surface area (Å²) in [5.41, 5.74) is 1.20. The lowest BCUT2D eigenvalue weighted by Gasteiger charge is -2.05. The van der Waals surface area contributed by atoms with Crippen LogP contribution in [0.25, 0.3) is 6.08 Å². The third kappa shape index (κ3) is 2.43. The highest BCUT2D eigenvalue weighted by Crippen LogP contribution is 2.36. The maximum Gasteiger partial charge on any atom is 0.223 e. The second-order valence-electron chi connectivity index (χ2n) is 3.85. The molecular weight excluding hydrogens is 248 g/mol. The molecule has 1 aromatic carbocycles. The first kappa shape index (κ1) is 12.8. The van der Waals surface area contributed by atoms with Crippen molar-refractivity contribution in [3.05, 3.63) is 40.3 Å². The number of ether oxygens (including phenoxy) is 1. The van der Waals surface area contributed by atoms with E-state index in [4.69, 9.17) is 4.74 Å². The van der Waals surface area contributed by atoms with Crippen LogP contribution in [-0.4, -0.2) is 17.3 Å². The molecule has 1 aromatic rings. The first-order valence-corrected chi connectivity index (χ1v) is 6.47. The summed E-state index contributed by atoms with van der Waals surface area (Å²) in [4.78, 5) is 12.8. The zero-order valence-electron chi connectivity index (χ0n) is 10.3. The quantitative estimate of drug-likeness (QED) is 0.848. The second-order valence-corrected chi connectivity index (χ2v) is 4.95. The van der Waals surface area contributed by atoms with Gasteiger partial charge in [-0.2, -0.15) is 0 Å². The van der Waals surface area contributed by atoms with E-state index in [1.165, 1.54) is 18.9 Å². The third-order valence-electron chi connectivity index (χ3n) is 2.69. The first-order valence-electron chi connectivity index (χ1n) is 5.66. The summed E-state index contributed by atoms with van der Waals surface area (Å²) in [6.07, 6.45) is 4.40. The highest BCUT2D eigenvalue weighted by Gasteiger charge is 2.19. The number of phenolic OH excluding ortho intramolecular Hbond substituents is 1. The first-order chi connectivity index (χ1) is 8.65. The number of rotatable bonds is 3. The van der Waals surface area contributed by atoms with Gasteiger partial charge >= 0.3 is 0 Å². The number of thioether (sulfide) groups is 1. The zero-order valence-corrected chi connectivity index (χ0v) is 11.1. The normalized spacial score (nSPS) is 17.1. The molecule has 18 heavy (non-hydrogen) atoms. The van der Waals surface area contributed by atoms with E-state index in [2.05, 4.69) is 0 Å². The molecule has 0 radical (unpaired) electrons. The summed E-state index contributed by atoms with van der Waals surface area (Å²) in [5, 5.41) is 9.97. The number of carbonyl (C=O) groups is 1. The fourth-order valence-corrected chi connectivity index (χ4v) is 2.51. The van der Waals surface area contributed by atoms with Gasteiger partial charge < -0.3 is 9.84 Å². The number of allylic oxidation sites excluding steroid dienone is 2. The molecule has 1 aliphatic rings. The van der Waals surface area contributed by atoms with Crippen LogP contribution < -0.4 is 4.74 Å². The number of benzene rings is 1. The molecule has 94 valence electrons. The maximum absolute atomic E-state index is 11.7. The van der Waals surface area contributed by atoms with Gasteiger partial charge in [-0.25, -0.2) is 0 Å². The molecule has 0 bridgehead atoms. The number of carbonyl (C=O) groups excluding carboxylic acids is 1. The van der Waals surface area contributed by atoms with Gasteiger partial charge in [0.1, 0.15) is 0 Å². The minimum Gasteiger partial charge on any atom is -0.504 e. The van der Waals surface area contributed by atoms with E-state index in [1.54, 1.807) is 24.3 Å². The summed E-state index contributed by atoms with van der Waals surface area (Å²) in [6.45, 7) is 2.01. The van der Waals surface area contributed by atoms with Crippen molar-refractivity contribution in [3.63, 3.8) is 0 Å². The van der Waals surface area contributed by atoms with E-state index in [0.29, 0.717) is 16.9 Å². The third-order valence-corrected chi connectivity index (χ3v) is 3.78. The predicted octanol–water partition coefficient (Wildman–Crippen LogP) is 3.35. The highest BCUT2D eigenvalue weighted by atomic mass is 32.2. The lowest BCUT2D eigenvalue weighted by Crippen LogP contribution is -1.89. The van der Waals surface area contributed by atoms with Crippen molar-refractivity contribution in [2.24, 2.45) is 0 Å². The SMILES string of the molecule is CCC1=CC(=Cc2cccc(OC)c2O)C(=O)S1. The van der Waals surface area contributed by atoms with Crippen molar-refractivity contribution >= 4 is 23.0 Å². The van der Waals surface area contributed by atoms with E-state index in [0.717, 1.165) is 11.3 Å². The lowest BCUT2D eigenvalue weighted by molar-refractivity contribution is -0.107. The van der Waals surface area contributed by atoms with Crippen molar-refractivity contribution in [3.8, 4) is 11.5 Å². The van der Waals surface area contributed by atoms with E-state index < -0.39 is 0 Å². The molecule has 0 fully saturated rings. The van der Waals surface area contributed by atoms with Crippen LogP contribution in [0.3, 0.4) is 0 Å². The lowest BCUT2D eigenvalue weighted by atomic mass is 10.1. The zero-order chi connectivity index (χ0) is 13.1. The molecule has 1 heterocycles. The molecule has 0 amide bonds. The molecule has 2 rings (SSSR count). The van der Waals surface area contributed by atoms with Crippen LogP contribution in [0.5, 0.6) is 11.5 Å². The Morgan fingerprint density at radius 2 is 2.22 bits per heavy atom. The van der Waals surface area contributed by atoms with Crippen molar-refractivity contribution in [1.29, 1.82) is 0 Å². The average Bonchev–Trinajstić information content (AvgIpc) is 2.73. The Bertz CT molecular complexity index is 544. The van der Waals surface area contributed by atoms with Gasteiger partial charge in [0.25, 0.3) is 0 Å². The van der Waals surface area contributed by atoms with Gasteiger partial charge in [-0.1, -0.05) is 30.8 Å². The van der Waals surface area contributed by atoms with Crippen LogP contribution in [0.15, 0.2) is 34.8 Å². The fourth-order valence-electron chi connectivity index (χ4n) is 1.70. The largest absolute Gasteiger partial charge is 0.504 e. The molecule has 0 spiro atoms. The summed E-state index contributed by atoms with van der Waals surface area (Å²) in [7, 11) is 1.50. The van der Waals surface area contributed by atoms with Gasteiger partial charge in [-0.3, -0.25) is 4.79 Å². The summed E-state index contributed by atoms with van der Waals surface area (Å²) >= 11 is 1.25. The number of aromatic hydroxyl groups is 1. The molecule has 0 atom stereocenters. The number of phenols is 1. The van der Waals surface area contributed by atoms with Gasteiger partial charge in [0.2, 0.25) is 5.12 Å². The molecular formula is C14H14O3S. The minimum absolute atomic E-state index is 0.0223. The Balaban J connectivity index is 2.39. The van der Waals surface area contributed by atoms with Crippen LogP contribution in [-0.2, 0) is 4.79 Å². The van der Waals surface area contributed by atoms with Crippen molar-refractivity contribution in [2.45, 2.75) is 13.3 Å². The van der Waals surface area contributed by atoms with Gasteiger partial charge in [0.05, 0.1) is 7.11 Å². The molecule has 0 aromatic heterocycles. The number of hydrogen-bond acceptors (Lipinski definition) is 4. The molecule has 0 saturated heterocycles. The Hall–Kier alpha value is -1.68. The van der Waals surface area contributed by atoms with E-state index in [1.807, 2.05) is 13.0 Å². The Labute approximate surface area is 110 Å². The Kier molecular flexibility index (Phi) is 3.77. The van der Waals surface area contributed by atoms with E-state index in [9.17, 15) is 9.90 Å². The topological polar surface area (TPSA) is 46.5 Å². The molecule has 1 N–H and O–H groups in total. The predicted molar refractivity (Wildman–Crippen MR) is 73.6 cm³/mol. The van der Waals surface area contributed by atoms with Crippen molar-refractivity contribution in [2.75, 3.05) is 7.11 Å². The average molecular weight is 262 g/mol. The van der Waals surface area contributed by atoms with E-state index >= 15 is 0 Å². The highest BCUT2D eigenvalue weighted by molar-refractivity contribution is 8.17. The second kappa shape index (κ2) is 5.31. The van der Waals surface area contributed by atoms with Crippen molar-refractivity contribution in [1.82, 2.24) is 0 Å². The standard InChI is InChI=1S/C14H14O3S/c1-3-11-8-10(14(16)18-11)7-9-5-4-6-12(17-2)13(9)15/h4-8,15H,3H2,1-2H3. The monoisotopic (exact) mass is 262 g/mol. The fraction of sp³-hybridized carbons (Fsp3) is 0.214. The summed E-state index contributed by atoms with van der Waals surface area (Å²) < 4.78 is 5.03. The van der Waals surface area contributed by atoms with Crippen molar-refractivity contribution < 1.29 is 14.6 Å². The molecule has 1 aliphatic heterocycles. The number of para-hydroxylation sites is 1.